The monoisotopic (exact) mass is 418 g/mol. The fraction of sp³-hybridized carbons (Fsp3) is 0.176. The maximum atomic E-state index is 10.7. The van der Waals surface area contributed by atoms with Crippen LogP contribution in [-0.2, 0) is 6.54 Å². The normalized spacial score (nSPS) is 11.9. The first-order chi connectivity index (χ1) is 12.5. The summed E-state index contributed by atoms with van der Waals surface area (Å²) in [5.74, 6) is 1.10. The van der Waals surface area contributed by atoms with Crippen molar-refractivity contribution in [1.82, 2.24) is 14.8 Å². The Morgan fingerprint density at radius 1 is 1.19 bits per heavy atom. The number of benzene rings is 2. The predicted octanol–water partition coefficient (Wildman–Crippen LogP) is 3.06. The van der Waals surface area contributed by atoms with Gasteiger partial charge in [-0.15, -0.1) is 0 Å². The molecule has 0 bridgehead atoms. The maximum Gasteiger partial charge on any atom is 0.269 e. The Morgan fingerprint density at radius 3 is 2.54 bits per heavy atom. The number of aromatic nitrogens is 3. The zero-order chi connectivity index (χ0) is 18.5. The fourth-order valence-corrected chi connectivity index (χ4v) is 2.50. The molecule has 0 aliphatic carbocycles. The summed E-state index contributed by atoms with van der Waals surface area (Å²) >= 11 is 3.35. The third-order valence-electron chi connectivity index (χ3n) is 3.53. The van der Waals surface area contributed by atoms with Crippen LogP contribution in [0.25, 0.3) is 11.4 Å². The van der Waals surface area contributed by atoms with Crippen molar-refractivity contribution in [2.75, 3.05) is 6.61 Å². The molecule has 3 rings (SSSR count). The van der Waals surface area contributed by atoms with Crippen LogP contribution in [0.3, 0.4) is 0 Å². The van der Waals surface area contributed by atoms with Crippen LogP contribution in [0.1, 0.15) is 0 Å². The number of non-ortho nitro benzene ring substituents is 1. The van der Waals surface area contributed by atoms with Crippen LogP contribution in [0.4, 0.5) is 5.69 Å². The van der Waals surface area contributed by atoms with Crippen molar-refractivity contribution in [2.24, 2.45) is 0 Å². The van der Waals surface area contributed by atoms with Crippen LogP contribution < -0.4 is 4.74 Å². The van der Waals surface area contributed by atoms with Gasteiger partial charge in [0.05, 0.1) is 11.5 Å². The van der Waals surface area contributed by atoms with Crippen LogP contribution in [0, 0.1) is 10.1 Å². The Balaban J connectivity index is 1.57. The van der Waals surface area contributed by atoms with Crippen LogP contribution in [-0.4, -0.2) is 37.5 Å². The molecule has 1 unspecified atom stereocenters. The second kappa shape index (κ2) is 8.07. The van der Waals surface area contributed by atoms with E-state index in [1.54, 1.807) is 24.3 Å². The van der Waals surface area contributed by atoms with Crippen molar-refractivity contribution in [3.8, 4) is 17.1 Å². The minimum absolute atomic E-state index is 0.00805. The van der Waals surface area contributed by atoms with Gasteiger partial charge in [-0.1, -0.05) is 15.9 Å². The lowest BCUT2D eigenvalue weighted by Gasteiger charge is -2.12. The van der Waals surface area contributed by atoms with Gasteiger partial charge in [0.15, 0.2) is 5.82 Å². The first-order valence-electron chi connectivity index (χ1n) is 7.72. The second-order valence-corrected chi connectivity index (χ2v) is 6.43. The average Bonchev–Trinajstić information content (AvgIpc) is 3.10. The van der Waals surface area contributed by atoms with Crippen molar-refractivity contribution < 1.29 is 14.8 Å². The molecule has 1 atom stereocenters. The molecule has 2 aromatic carbocycles. The molecule has 1 heterocycles. The number of halogens is 1. The Kier molecular flexibility index (Phi) is 5.59. The zero-order valence-electron chi connectivity index (χ0n) is 13.5. The van der Waals surface area contributed by atoms with Gasteiger partial charge in [0.1, 0.15) is 24.8 Å². The first-order valence-corrected chi connectivity index (χ1v) is 8.51. The molecule has 0 fully saturated rings. The summed E-state index contributed by atoms with van der Waals surface area (Å²) in [5, 5.41) is 25.1. The van der Waals surface area contributed by atoms with Gasteiger partial charge < -0.3 is 9.84 Å². The molecule has 0 aliphatic rings. The summed E-state index contributed by atoms with van der Waals surface area (Å²) in [5.41, 5.74) is 0.670. The molecular formula is C17H15BrN4O4. The summed E-state index contributed by atoms with van der Waals surface area (Å²) in [7, 11) is 0. The minimum atomic E-state index is -0.759. The summed E-state index contributed by atoms with van der Waals surface area (Å²) in [6.45, 7) is 0.338. The molecule has 0 aliphatic heterocycles. The van der Waals surface area contributed by atoms with E-state index in [1.165, 1.54) is 23.1 Å². The third-order valence-corrected chi connectivity index (χ3v) is 4.06. The molecule has 0 radical (unpaired) electrons. The minimum Gasteiger partial charge on any atom is -0.491 e. The van der Waals surface area contributed by atoms with Gasteiger partial charge in [-0.25, -0.2) is 9.67 Å². The third kappa shape index (κ3) is 4.64. The quantitative estimate of drug-likeness (QED) is 0.467. The molecule has 8 nitrogen and oxygen atoms in total. The molecule has 0 spiro atoms. The molecular weight excluding hydrogens is 404 g/mol. The van der Waals surface area contributed by atoms with Gasteiger partial charge in [0, 0.05) is 22.2 Å². The van der Waals surface area contributed by atoms with E-state index in [0.29, 0.717) is 17.1 Å². The van der Waals surface area contributed by atoms with E-state index in [1.807, 2.05) is 12.1 Å². The smallest absolute Gasteiger partial charge is 0.269 e. The largest absolute Gasteiger partial charge is 0.491 e. The molecule has 134 valence electrons. The van der Waals surface area contributed by atoms with E-state index in [-0.39, 0.29) is 18.8 Å². The molecule has 26 heavy (non-hydrogen) atoms. The maximum absolute atomic E-state index is 10.7. The van der Waals surface area contributed by atoms with Crippen LogP contribution in [0.5, 0.6) is 5.75 Å². The lowest BCUT2D eigenvalue weighted by molar-refractivity contribution is -0.384. The summed E-state index contributed by atoms with van der Waals surface area (Å²) in [6.07, 6.45) is 0.740. The SMILES string of the molecule is O=[N+]([O-])c1ccc(-c2ncn(CC(O)COc3ccc(Br)cc3)n2)cc1. The number of nitro groups is 1. The molecule has 0 amide bonds. The average molecular weight is 419 g/mol. The van der Waals surface area contributed by atoms with E-state index in [4.69, 9.17) is 4.74 Å². The molecule has 0 saturated carbocycles. The Bertz CT molecular complexity index is 881. The molecule has 1 aromatic heterocycles. The van der Waals surface area contributed by atoms with E-state index >= 15 is 0 Å². The number of hydrogen-bond acceptors (Lipinski definition) is 6. The van der Waals surface area contributed by atoms with E-state index in [0.717, 1.165) is 4.47 Å². The zero-order valence-corrected chi connectivity index (χ0v) is 15.1. The highest BCUT2D eigenvalue weighted by molar-refractivity contribution is 9.10. The summed E-state index contributed by atoms with van der Waals surface area (Å²) < 4.78 is 7.98. The summed E-state index contributed by atoms with van der Waals surface area (Å²) in [6, 6.07) is 13.3. The standard InChI is InChI=1S/C17H15BrN4O4/c18-13-3-7-16(8-4-13)26-10-15(23)9-21-11-19-17(20-21)12-1-5-14(6-2-12)22(24)25/h1-8,11,15,23H,9-10H2. The van der Waals surface area contributed by atoms with Crippen molar-refractivity contribution in [3.63, 3.8) is 0 Å². The predicted molar refractivity (Wildman–Crippen MR) is 97.8 cm³/mol. The van der Waals surface area contributed by atoms with Gasteiger partial charge in [0.25, 0.3) is 5.69 Å². The van der Waals surface area contributed by atoms with Crippen molar-refractivity contribution >= 4 is 21.6 Å². The van der Waals surface area contributed by atoms with Gasteiger partial charge in [-0.05, 0) is 36.4 Å². The number of ether oxygens (including phenoxy) is 1. The first kappa shape index (κ1) is 18.0. The number of hydrogen-bond donors (Lipinski definition) is 1. The highest BCUT2D eigenvalue weighted by atomic mass is 79.9. The number of rotatable bonds is 7. The fourth-order valence-electron chi connectivity index (χ4n) is 2.24. The van der Waals surface area contributed by atoms with E-state index in [9.17, 15) is 15.2 Å². The topological polar surface area (TPSA) is 103 Å². The van der Waals surface area contributed by atoms with Gasteiger partial charge in [-0.3, -0.25) is 10.1 Å². The van der Waals surface area contributed by atoms with E-state index < -0.39 is 11.0 Å². The van der Waals surface area contributed by atoms with Crippen LogP contribution >= 0.6 is 15.9 Å². The molecule has 1 N–H and O–H groups in total. The number of nitrogens with zero attached hydrogens (tertiary/aromatic N) is 4. The number of aliphatic hydroxyl groups is 1. The Morgan fingerprint density at radius 2 is 1.88 bits per heavy atom. The van der Waals surface area contributed by atoms with Gasteiger partial charge in [0.2, 0.25) is 0 Å². The highest BCUT2D eigenvalue weighted by Crippen LogP contribution is 2.19. The lowest BCUT2D eigenvalue weighted by atomic mass is 10.2. The lowest BCUT2D eigenvalue weighted by Crippen LogP contribution is -2.23. The summed E-state index contributed by atoms with van der Waals surface area (Å²) in [4.78, 5) is 14.4. The number of nitro benzene ring substituents is 1. The second-order valence-electron chi connectivity index (χ2n) is 5.51. The van der Waals surface area contributed by atoms with Crippen molar-refractivity contribution in [3.05, 3.63) is 69.4 Å². The van der Waals surface area contributed by atoms with Crippen molar-refractivity contribution in [1.29, 1.82) is 0 Å². The van der Waals surface area contributed by atoms with Crippen molar-refractivity contribution in [2.45, 2.75) is 12.6 Å². The van der Waals surface area contributed by atoms with Crippen LogP contribution in [0.2, 0.25) is 0 Å². The van der Waals surface area contributed by atoms with Gasteiger partial charge in [-0.2, -0.15) is 5.10 Å². The Labute approximate surface area is 157 Å². The Hall–Kier alpha value is -2.78. The highest BCUT2D eigenvalue weighted by Gasteiger charge is 2.11. The number of aliphatic hydroxyl groups excluding tert-OH is 1. The van der Waals surface area contributed by atoms with E-state index in [2.05, 4.69) is 26.0 Å². The van der Waals surface area contributed by atoms with Gasteiger partial charge >= 0.3 is 0 Å². The molecule has 3 aromatic rings. The van der Waals surface area contributed by atoms with Crippen LogP contribution in [0.15, 0.2) is 59.3 Å². The molecule has 0 saturated heterocycles. The molecule has 9 heteroatoms.